The van der Waals surface area contributed by atoms with E-state index in [2.05, 4.69) is 42.4 Å². The molecule has 0 radical (unpaired) electrons. The molecular weight excluding hydrogens is 200 g/mol. The van der Waals surface area contributed by atoms with Crippen molar-refractivity contribution in [3.05, 3.63) is 34.9 Å². The van der Waals surface area contributed by atoms with Gasteiger partial charge in [0.2, 0.25) is 0 Å². The third-order valence-corrected chi connectivity index (χ3v) is 1.58. The van der Waals surface area contributed by atoms with Crippen molar-refractivity contribution in [3.8, 4) is 0 Å². The molecule has 0 atom stereocenters. The average molecular weight is 215 g/mol. The van der Waals surface area contributed by atoms with Crippen molar-refractivity contribution in [2.24, 2.45) is 0 Å². The molecule has 0 aliphatic rings. The van der Waals surface area contributed by atoms with Gasteiger partial charge in [-0.25, -0.2) is 0 Å². The zero-order valence-electron chi connectivity index (χ0n) is 7.23. The summed E-state index contributed by atoms with van der Waals surface area (Å²) < 4.78 is 0. The molecule has 11 heavy (non-hydrogen) atoms. The first-order chi connectivity index (χ1) is 5.16. The summed E-state index contributed by atoms with van der Waals surface area (Å²) in [7, 11) is 0. The fraction of sp³-hybridized carbons (Fsp3) is 0.400. The summed E-state index contributed by atoms with van der Waals surface area (Å²) in [4.78, 5) is 1.85. The quantitative estimate of drug-likeness (QED) is 0.487. The Kier molecular flexibility index (Phi) is 6.24. The highest BCUT2D eigenvalue weighted by Crippen LogP contribution is 2.07. The summed E-state index contributed by atoms with van der Waals surface area (Å²) in [5.41, 5.74) is 2.54. The molecule has 0 amide bonds. The molecule has 0 nitrogen and oxygen atoms in total. The lowest BCUT2D eigenvalue weighted by atomic mass is 10.1. The van der Waals surface area contributed by atoms with Crippen molar-refractivity contribution < 1.29 is 0 Å². The maximum atomic E-state index is 3.90. The summed E-state index contributed by atoms with van der Waals surface area (Å²) in [6.07, 6.45) is 6.36. The first-order valence-corrected chi connectivity index (χ1v) is 4.66. The van der Waals surface area contributed by atoms with E-state index >= 15 is 0 Å². The number of allylic oxidation sites excluding steroid dienone is 4. The third kappa shape index (κ3) is 7.60. The maximum absolute atomic E-state index is 3.90. The second-order valence-corrected chi connectivity index (χ2v) is 3.30. The molecule has 0 N–H and O–H groups in total. The van der Waals surface area contributed by atoms with Gasteiger partial charge in [0.15, 0.2) is 0 Å². The van der Waals surface area contributed by atoms with Crippen LogP contribution in [0.2, 0.25) is 0 Å². The van der Waals surface area contributed by atoms with Gasteiger partial charge in [0.25, 0.3) is 0 Å². The van der Waals surface area contributed by atoms with Gasteiger partial charge in [-0.2, -0.15) is 0 Å². The van der Waals surface area contributed by atoms with Crippen LogP contribution in [0.3, 0.4) is 0 Å². The molecule has 0 aromatic heterocycles. The number of hydrogen-bond donors (Lipinski definition) is 0. The standard InChI is InChI=1S/C10H15Br/c1-9(2)5-4-6-10(3)7-8-11/h5,7-8H,3-4,6H2,1-2H3/b8-7+. The van der Waals surface area contributed by atoms with Crippen molar-refractivity contribution in [2.75, 3.05) is 0 Å². The van der Waals surface area contributed by atoms with Crippen LogP contribution < -0.4 is 0 Å². The highest BCUT2D eigenvalue weighted by Gasteiger charge is 1.86. The van der Waals surface area contributed by atoms with Gasteiger partial charge in [0.05, 0.1) is 0 Å². The highest BCUT2D eigenvalue weighted by molar-refractivity contribution is 9.11. The van der Waals surface area contributed by atoms with E-state index in [1.807, 2.05) is 11.1 Å². The molecule has 0 spiro atoms. The average Bonchev–Trinajstić information content (AvgIpc) is 1.87. The zero-order valence-corrected chi connectivity index (χ0v) is 8.82. The van der Waals surface area contributed by atoms with E-state index in [4.69, 9.17) is 0 Å². The van der Waals surface area contributed by atoms with E-state index in [1.165, 1.54) is 11.1 Å². The predicted octanol–water partition coefficient (Wildman–Crippen LogP) is 4.20. The molecule has 0 aromatic rings. The smallest absolute Gasteiger partial charge is 0.0186 e. The minimum absolute atomic E-state index is 1.05. The van der Waals surface area contributed by atoms with Crippen molar-refractivity contribution in [3.63, 3.8) is 0 Å². The van der Waals surface area contributed by atoms with Crippen LogP contribution in [0, 0.1) is 0 Å². The van der Waals surface area contributed by atoms with E-state index in [0.29, 0.717) is 0 Å². The van der Waals surface area contributed by atoms with Crippen LogP contribution in [0.15, 0.2) is 34.9 Å². The van der Waals surface area contributed by atoms with Gasteiger partial charge >= 0.3 is 0 Å². The molecule has 0 rings (SSSR count). The van der Waals surface area contributed by atoms with E-state index in [9.17, 15) is 0 Å². The molecule has 0 aromatic carbocycles. The van der Waals surface area contributed by atoms with Crippen LogP contribution in [0.1, 0.15) is 26.7 Å². The third-order valence-electron chi connectivity index (χ3n) is 1.32. The molecule has 62 valence electrons. The fourth-order valence-corrected chi connectivity index (χ4v) is 1.09. The molecule has 0 bridgehead atoms. The molecule has 0 aliphatic carbocycles. The molecule has 0 aliphatic heterocycles. The van der Waals surface area contributed by atoms with Crippen LogP contribution in [-0.2, 0) is 0 Å². The van der Waals surface area contributed by atoms with Gasteiger partial charge in [-0.15, -0.1) is 0 Å². The Morgan fingerprint density at radius 2 is 2.09 bits per heavy atom. The lowest BCUT2D eigenvalue weighted by Gasteiger charge is -1.95. The molecule has 0 unspecified atom stereocenters. The predicted molar refractivity (Wildman–Crippen MR) is 55.9 cm³/mol. The van der Waals surface area contributed by atoms with Gasteiger partial charge < -0.3 is 0 Å². The van der Waals surface area contributed by atoms with E-state index < -0.39 is 0 Å². The monoisotopic (exact) mass is 214 g/mol. The van der Waals surface area contributed by atoms with Gasteiger partial charge in [-0.3, -0.25) is 0 Å². The number of rotatable bonds is 4. The Morgan fingerprint density at radius 3 is 2.55 bits per heavy atom. The van der Waals surface area contributed by atoms with Gasteiger partial charge in [-0.05, 0) is 31.7 Å². The van der Waals surface area contributed by atoms with Crippen molar-refractivity contribution in [2.45, 2.75) is 26.7 Å². The molecule has 1 heteroatoms. The Morgan fingerprint density at radius 1 is 1.45 bits per heavy atom. The number of halogens is 1. The van der Waals surface area contributed by atoms with E-state index in [-0.39, 0.29) is 0 Å². The zero-order chi connectivity index (χ0) is 8.69. The van der Waals surface area contributed by atoms with Crippen molar-refractivity contribution in [1.82, 2.24) is 0 Å². The fourth-order valence-electron chi connectivity index (χ4n) is 0.719. The lowest BCUT2D eigenvalue weighted by molar-refractivity contribution is 0.999. The Hall–Kier alpha value is -0.300. The Bertz CT molecular complexity index is 171. The molecular formula is C10H15Br. The normalized spacial score (nSPS) is 10.1. The summed E-state index contributed by atoms with van der Waals surface area (Å²) in [6, 6.07) is 0. The summed E-state index contributed by atoms with van der Waals surface area (Å²) >= 11 is 3.21. The Balaban J connectivity index is 3.55. The molecule has 0 saturated carbocycles. The largest absolute Gasteiger partial charge is 0.0958 e. The summed E-state index contributed by atoms with van der Waals surface area (Å²) in [5, 5.41) is 0. The van der Waals surface area contributed by atoms with E-state index in [0.717, 1.165) is 12.8 Å². The van der Waals surface area contributed by atoms with Gasteiger partial charge in [-0.1, -0.05) is 45.8 Å². The lowest BCUT2D eigenvalue weighted by Crippen LogP contribution is -1.74. The highest BCUT2D eigenvalue weighted by atomic mass is 79.9. The summed E-state index contributed by atoms with van der Waals surface area (Å²) in [5.74, 6) is 0. The van der Waals surface area contributed by atoms with Gasteiger partial charge in [0, 0.05) is 0 Å². The molecule has 0 heterocycles. The van der Waals surface area contributed by atoms with Crippen LogP contribution in [-0.4, -0.2) is 0 Å². The van der Waals surface area contributed by atoms with Gasteiger partial charge in [0.1, 0.15) is 0 Å². The SMILES string of the molecule is C=C(/C=C/Br)CCC=C(C)C. The maximum Gasteiger partial charge on any atom is -0.0186 e. The first-order valence-electron chi connectivity index (χ1n) is 3.74. The van der Waals surface area contributed by atoms with Crippen molar-refractivity contribution in [1.29, 1.82) is 0 Å². The van der Waals surface area contributed by atoms with Crippen LogP contribution in [0.4, 0.5) is 0 Å². The topological polar surface area (TPSA) is 0 Å². The second-order valence-electron chi connectivity index (χ2n) is 2.77. The molecule has 0 saturated heterocycles. The minimum Gasteiger partial charge on any atom is -0.0958 e. The molecule has 0 fully saturated rings. The van der Waals surface area contributed by atoms with Crippen LogP contribution in [0.5, 0.6) is 0 Å². The van der Waals surface area contributed by atoms with Crippen molar-refractivity contribution >= 4 is 15.9 Å². The Labute approximate surface area is 77.8 Å². The van der Waals surface area contributed by atoms with Crippen LogP contribution in [0.25, 0.3) is 0 Å². The number of hydrogen-bond acceptors (Lipinski definition) is 0. The first kappa shape index (κ1) is 10.7. The van der Waals surface area contributed by atoms with E-state index in [1.54, 1.807) is 0 Å². The van der Waals surface area contributed by atoms with Crippen LogP contribution >= 0.6 is 15.9 Å². The second kappa shape index (κ2) is 6.41. The summed E-state index contributed by atoms with van der Waals surface area (Å²) in [6.45, 7) is 8.12. The minimum atomic E-state index is 1.05.